The van der Waals surface area contributed by atoms with Crippen LogP contribution < -0.4 is 4.90 Å². The summed E-state index contributed by atoms with van der Waals surface area (Å²) in [6.07, 6.45) is 0. The SMILES string of the molecule is CC1(C)c2ccccc2-c2ccc(N(c3ccc4c(c3)C(C)(C)c3ccccc3-4)c3cc4c(oc5cccc(-c6ccccc6)c54)c4ccccc34)cc21. The highest BCUT2D eigenvalue weighted by atomic mass is 16.3. The molecular formula is C52H39NO. The Morgan fingerprint density at radius 3 is 1.56 bits per heavy atom. The summed E-state index contributed by atoms with van der Waals surface area (Å²) in [6, 6.07) is 60.3. The zero-order chi connectivity index (χ0) is 36.3. The molecule has 0 atom stereocenters. The quantitative estimate of drug-likeness (QED) is 0.182. The van der Waals surface area contributed by atoms with E-state index in [0.717, 1.165) is 49.8 Å². The van der Waals surface area contributed by atoms with E-state index in [1.54, 1.807) is 0 Å². The van der Waals surface area contributed by atoms with Gasteiger partial charge in [-0.15, -0.1) is 0 Å². The van der Waals surface area contributed by atoms with E-state index >= 15 is 0 Å². The van der Waals surface area contributed by atoms with E-state index in [-0.39, 0.29) is 10.8 Å². The van der Waals surface area contributed by atoms with Gasteiger partial charge in [-0.05, 0) is 92.0 Å². The number of rotatable bonds is 4. The molecule has 0 bridgehead atoms. The van der Waals surface area contributed by atoms with Crippen LogP contribution in [-0.2, 0) is 10.8 Å². The first kappa shape index (κ1) is 31.2. The standard InChI is InChI=1S/C52H39NO/c1-51(2)43-22-12-10-17-36(43)38-27-25-33(29-45(38)51)53(34-26-28-39-37-18-11-13-23-44(37)52(3,4)46(39)30-34)47-31-42-49-35(32-15-6-5-7-16-32)21-14-24-48(49)54-50(42)41-20-9-8-19-40(41)47/h5-31H,1-4H3. The molecule has 0 saturated heterocycles. The third-order valence-corrected chi connectivity index (χ3v) is 12.5. The van der Waals surface area contributed by atoms with Gasteiger partial charge in [-0.1, -0.05) is 155 Å². The lowest BCUT2D eigenvalue weighted by molar-refractivity contribution is 0.660. The summed E-state index contributed by atoms with van der Waals surface area (Å²) in [5.74, 6) is 0. The molecule has 8 aromatic carbocycles. The Balaban J connectivity index is 1.22. The van der Waals surface area contributed by atoms with Crippen molar-refractivity contribution < 1.29 is 4.42 Å². The average Bonchev–Trinajstić information content (AvgIpc) is 3.78. The fraction of sp³-hybridized carbons (Fsp3) is 0.115. The molecule has 2 heteroatoms. The maximum absolute atomic E-state index is 6.80. The second kappa shape index (κ2) is 11.1. The van der Waals surface area contributed by atoms with Gasteiger partial charge in [0.05, 0.1) is 5.69 Å². The highest BCUT2D eigenvalue weighted by Gasteiger charge is 2.38. The van der Waals surface area contributed by atoms with Crippen molar-refractivity contribution in [2.45, 2.75) is 38.5 Å². The van der Waals surface area contributed by atoms with Crippen LogP contribution >= 0.6 is 0 Å². The van der Waals surface area contributed by atoms with Crippen LogP contribution in [0, 0.1) is 0 Å². The maximum Gasteiger partial charge on any atom is 0.143 e. The Morgan fingerprint density at radius 2 is 0.926 bits per heavy atom. The first-order valence-corrected chi connectivity index (χ1v) is 19.0. The monoisotopic (exact) mass is 693 g/mol. The van der Waals surface area contributed by atoms with E-state index in [1.165, 1.54) is 55.6 Å². The van der Waals surface area contributed by atoms with Crippen molar-refractivity contribution >= 4 is 49.8 Å². The van der Waals surface area contributed by atoms with E-state index in [1.807, 2.05) is 0 Å². The Bertz CT molecular complexity index is 2890. The molecule has 1 heterocycles. The molecular weight excluding hydrogens is 655 g/mol. The van der Waals surface area contributed by atoms with E-state index < -0.39 is 0 Å². The van der Waals surface area contributed by atoms with Crippen molar-refractivity contribution in [2.24, 2.45) is 0 Å². The molecule has 2 nitrogen and oxygen atoms in total. The summed E-state index contributed by atoms with van der Waals surface area (Å²) < 4.78 is 6.80. The van der Waals surface area contributed by atoms with Crippen molar-refractivity contribution in [3.8, 4) is 33.4 Å². The molecule has 0 radical (unpaired) electrons. The van der Waals surface area contributed by atoms with E-state index in [4.69, 9.17) is 4.42 Å². The smallest absolute Gasteiger partial charge is 0.143 e. The van der Waals surface area contributed by atoms with E-state index in [9.17, 15) is 0 Å². The summed E-state index contributed by atoms with van der Waals surface area (Å²) in [5, 5.41) is 4.51. The normalized spacial score (nSPS) is 14.6. The van der Waals surface area contributed by atoms with Crippen LogP contribution in [0.15, 0.2) is 168 Å². The molecule has 0 fully saturated rings. The number of hydrogen-bond donors (Lipinski definition) is 0. The third kappa shape index (κ3) is 4.23. The lowest BCUT2D eigenvalue weighted by atomic mass is 9.82. The Labute approximate surface area is 315 Å². The first-order valence-electron chi connectivity index (χ1n) is 19.0. The molecule has 0 spiro atoms. The highest BCUT2D eigenvalue weighted by molar-refractivity contribution is 6.22. The molecule has 11 rings (SSSR count). The van der Waals surface area contributed by atoms with Gasteiger partial charge in [0.2, 0.25) is 0 Å². The molecule has 0 saturated carbocycles. The summed E-state index contributed by atoms with van der Waals surface area (Å²) in [4.78, 5) is 2.50. The van der Waals surface area contributed by atoms with Gasteiger partial charge in [-0.2, -0.15) is 0 Å². The van der Waals surface area contributed by atoms with E-state index in [0.29, 0.717) is 0 Å². The zero-order valence-electron chi connectivity index (χ0n) is 30.9. The first-order chi connectivity index (χ1) is 26.3. The second-order valence-electron chi connectivity index (χ2n) is 16.1. The van der Waals surface area contributed by atoms with Crippen LogP contribution in [0.4, 0.5) is 17.1 Å². The molecule has 258 valence electrons. The molecule has 0 aliphatic heterocycles. The lowest BCUT2D eigenvalue weighted by Crippen LogP contribution is -2.18. The van der Waals surface area contributed by atoms with Crippen molar-refractivity contribution in [1.82, 2.24) is 0 Å². The molecule has 0 amide bonds. The molecule has 1 aromatic heterocycles. The van der Waals surface area contributed by atoms with Gasteiger partial charge >= 0.3 is 0 Å². The predicted molar refractivity (Wildman–Crippen MR) is 226 cm³/mol. The van der Waals surface area contributed by atoms with Gasteiger partial charge in [-0.3, -0.25) is 0 Å². The van der Waals surface area contributed by atoms with Crippen molar-refractivity contribution in [3.05, 3.63) is 186 Å². The molecule has 54 heavy (non-hydrogen) atoms. The fourth-order valence-electron chi connectivity index (χ4n) is 9.76. The molecule has 0 unspecified atom stereocenters. The van der Waals surface area contributed by atoms with Gasteiger partial charge in [0, 0.05) is 43.7 Å². The number of furan rings is 1. The van der Waals surface area contributed by atoms with Gasteiger partial charge < -0.3 is 9.32 Å². The number of anilines is 3. The summed E-state index contributed by atoms with van der Waals surface area (Å²) in [5.41, 5.74) is 18.1. The Kier molecular flexibility index (Phi) is 6.39. The predicted octanol–water partition coefficient (Wildman–Crippen LogP) is 14.5. The van der Waals surface area contributed by atoms with Crippen LogP contribution in [0.1, 0.15) is 49.9 Å². The maximum atomic E-state index is 6.80. The van der Waals surface area contributed by atoms with Crippen LogP contribution in [0.25, 0.3) is 66.1 Å². The van der Waals surface area contributed by atoms with Crippen LogP contribution in [0.2, 0.25) is 0 Å². The molecule has 0 N–H and O–H groups in total. The Hall–Kier alpha value is -6.38. The Morgan fingerprint density at radius 1 is 0.407 bits per heavy atom. The molecule has 2 aliphatic carbocycles. The van der Waals surface area contributed by atoms with Crippen molar-refractivity contribution in [3.63, 3.8) is 0 Å². The summed E-state index contributed by atoms with van der Waals surface area (Å²) >= 11 is 0. The summed E-state index contributed by atoms with van der Waals surface area (Å²) in [7, 11) is 0. The number of benzene rings is 8. The minimum absolute atomic E-state index is 0.132. The van der Waals surface area contributed by atoms with Gasteiger partial charge in [0.15, 0.2) is 0 Å². The summed E-state index contributed by atoms with van der Waals surface area (Å²) in [6.45, 7) is 9.46. The van der Waals surface area contributed by atoms with Gasteiger partial charge in [0.1, 0.15) is 11.2 Å². The number of nitrogens with zero attached hydrogens (tertiary/aromatic N) is 1. The van der Waals surface area contributed by atoms with E-state index in [2.05, 4.69) is 196 Å². The van der Waals surface area contributed by atoms with Gasteiger partial charge in [0.25, 0.3) is 0 Å². The van der Waals surface area contributed by atoms with Crippen molar-refractivity contribution in [2.75, 3.05) is 4.90 Å². The average molecular weight is 694 g/mol. The molecule has 9 aromatic rings. The number of hydrogen-bond acceptors (Lipinski definition) is 2. The van der Waals surface area contributed by atoms with Gasteiger partial charge in [-0.25, -0.2) is 0 Å². The topological polar surface area (TPSA) is 16.4 Å². The minimum Gasteiger partial charge on any atom is -0.455 e. The second-order valence-corrected chi connectivity index (χ2v) is 16.1. The third-order valence-electron chi connectivity index (χ3n) is 12.5. The van der Waals surface area contributed by atoms with Crippen molar-refractivity contribution in [1.29, 1.82) is 0 Å². The highest BCUT2D eigenvalue weighted by Crippen LogP contribution is 2.54. The number of fused-ring (bicyclic) bond motifs is 11. The molecule has 2 aliphatic rings. The minimum atomic E-state index is -0.132. The largest absolute Gasteiger partial charge is 0.455 e. The lowest BCUT2D eigenvalue weighted by Gasteiger charge is -2.30. The van der Waals surface area contributed by atoms with Crippen LogP contribution in [-0.4, -0.2) is 0 Å². The fourth-order valence-corrected chi connectivity index (χ4v) is 9.76. The zero-order valence-corrected chi connectivity index (χ0v) is 30.9. The van der Waals surface area contributed by atoms with Crippen LogP contribution in [0.3, 0.4) is 0 Å². The van der Waals surface area contributed by atoms with Crippen LogP contribution in [0.5, 0.6) is 0 Å².